The molecule has 1 aromatic rings. The van der Waals surface area contributed by atoms with Gasteiger partial charge in [-0.1, -0.05) is 12.1 Å². The van der Waals surface area contributed by atoms with Crippen LogP contribution in [0.3, 0.4) is 0 Å². The maximum absolute atomic E-state index is 12.9. The zero-order chi connectivity index (χ0) is 24.5. The standard InChI is InChI=1S/C27H38N2O5/c1-5-32-26(30)23-19(3)28-20(4)24(27(31)33-6-2)25(23)21-11-13-22(14-12-21)34-18-10-9-17-29-15-7-8-16-29/h11-14,25,28H,5-10,15-18H2,1-4H3. The van der Waals surface area contributed by atoms with Crippen molar-refractivity contribution in [3.05, 3.63) is 52.4 Å². The highest BCUT2D eigenvalue weighted by Gasteiger charge is 2.37. The quantitative estimate of drug-likeness (QED) is 0.382. The van der Waals surface area contributed by atoms with E-state index in [4.69, 9.17) is 14.2 Å². The van der Waals surface area contributed by atoms with E-state index in [9.17, 15) is 9.59 Å². The summed E-state index contributed by atoms with van der Waals surface area (Å²) in [5, 5.41) is 3.16. The Balaban J connectivity index is 1.73. The minimum Gasteiger partial charge on any atom is -0.494 e. The fourth-order valence-electron chi connectivity index (χ4n) is 4.68. The van der Waals surface area contributed by atoms with E-state index in [0.29, 0.717) is 29.1 Å². The molecular formula is C27H38N2O5. The van der Waals surface area contributed by atoms with Gasteiger partial charge in [-0.05, 0) is 90.7 Å². The number of benzene rings is 1. The molecule has 7 heteroatoms. The number of carbonyl (C=O) groups is 2. The highest BCUT2D eigenvalue weighted by molar-refractivity contribution is 5.99. The van der Waals surface area contributed by atoms with Gasteiger partial charge in [-0.2, -0.15) is 0 Å². The Labute approximate surface area is 203 Å². The predicted molar refractivity (Wildman–Crippen MR) is 131 cm³/mol. The number of hydrogen-bond donors (Lipinski definition) is 1. The first-order valence-electron chi connectivity index (χ1n) is 12.4. The van der Waals surface area contributed by atoms with Crippen molar-refractivity contribution in [2.75, 3.05) is 39.5 Å². The number of dihydropyridines is 1. The highest BCUT2D eigenvalue weighted by atomic mass is 16.5. The van der Waals surface area contributed by atoms with Crippen LogP contribution in [0.25, 0.3) is 0 Å². The van der Waals surface area contributed by atoms with Crippen LogP contribution in [0, 0.1) is 0 Å². The second kappa shape index (κ2) is 12.6. The zero-order valence-electron chi connectivity index (χ0n) is 20.9. The van der Waals surface area contributed by atoms with Crippen LogP contribution < -0.4 is 10.1 Å². The number of nitrogens with zero attached hydrogens (tertiary/aromatic N) is 1. The van der Waals surface area contributed by atoms with Gasteiger partial charge in [0.05, 0.1) is 36.9 Å². The van der Waals surface area contributed by atoms with Crippen LogP contribution in [-0.4, -0.2) is 56.3 Å². The molecule has 3 rings (SSSR count). The molecule has 1 fully saturated rings. The SMILES string of the molecule is CCOC(=O)C1=C(C)NC(C)=C(C(=O)OCC)C1c1ccc(OCCCCN2CCCC2)cc1. The summed E-state index contributed by atoms with van der Waals surface area (Å²) in [6, 6.07) is 7.62. The number of esters is 2. The Kier molecular flexibility index (Phi) is 9.57. The zero-order valence-corrected chi connectivity index (χ0v) is 20.9. The van der Waals surface area contributed by atoms with E-state index < -0.39 is 17.9 Å². The summed E-state index contributed by atoms with van der Waals surface area (Å²) in [6.45, 7) is 11.9. The molecule has 1 saturated heterocycles. The van der Waals surface area contributed by atoms with Gasteiger partial charge in [0.2, 0.25) is 0 Å². The van der Waals surface area contributed by atoms with E-state index in [2.05, 4.69) is 10.2 Å². The molecule has 0 aliphatic carbocycles. The Morgan fingerprint density at radius 2 is 1.47 bits per heavy atom. The van der Waals surface area contributed by atoms with Gasteiger partial charge < -0.3 is 24.4 Å². The Hall–Kier alpha value is -2.80. The third-order valence-electron chi connectivity index (χ3n) is 6.30. The Bertz CT molecular complexity index is 873. The number of allylic oxidation sites excluding steroid dienone is 2. The molecule has 0 unspecified atom stereocenters. The van der Waals surface area contributed by atoms with Crippen LogP contribution in [0.5, 0.6) is 5.75 Å². The lowest BCUT2D eigenvalue weighted by Crippen LogP contribution is -2.32. The minimum atomic E-state index is -0.575. The summed E-state index contributed by atoms with van der Waals surface area (Å²) in [4.78, 5) is 28.2. The van der Waals surface area contributed by atoms with E-state index in [1.165, 1.54) is 25.9 Å². The normalized spacial score (nSPS) is 17.1. The first-order valence-corrected chi connectivity index (χ1v) is 12.4. The molecule has 0 saturated carbocycles. The maximum atomic E-state index is 12.9. The topological polar surface area (TPSA) is 77.1 Å². The number of rotatable bonds is 11. The summed E-state index contributed by atoms with van der Waals surface area (Å²) in [5.41, 5.74) is 3.00. The highest BCUT2D eigenvalue weighted by Crippen LogP contribution is 2.39. The number of likely N-dealkylation sites (tertiary alicyclic amines) is 1. The fourth-order valence-corrected chi connectivity index (χ4v) is 4.68. The van der Waals surface area contributed by atoms with Gasteiger partial charge in [-0.3, -0.25) is 0 Å². The van der Waals surface area contributed by atoms with Crippen molar-refractivity contribution in [1.82, 2.24) is 10.2 Å². The van der Waals surface area contributed by atoms with Crippen molar-refractivity contribution in [2.24, 2.45) is 0 Å². The number of nitrogens with one attached hydrogen (secondary N) is 1. The Morgan fingerprint density at radius 1 is 0.912 bits per heavy atom. The van der Waals surface area contributed by atoms with Crippen molar-refractivity contribution in [3.8, 4) is 5.75 Å². The maximum Gasteiger partial charge on any atom is 0.336 e. The molecule has 2 aliphatic rings. The molecule has 34 heavy (non-hydrogen) atoms. The summed E-state index contributed by atoms with van der Waals surface area (Å²) < 4.78 is 16.6. The molecule has 0 aromatic heterocycles. The van der Waals surface area contributed by atoms with Gasteiger partial charge in [0.15, 0.2) is 0 Å². The Morgan fingerprint density at radius 3 is 2.00 bits per heavy atom. The van der Waals surface area contributed by atoms with Crippen molar-refractivity contribution in [1.29, 1.82) is 0 Å². The first kappa shape index (κ1) is 25.8. The second-order valence-corrected chi connectivity index (χ2v) is 8.75. The van der Waals surface area contributed by atoms with E-state index >= 15 is 0 Å². The van der Waals surface area contributed by atoms with Crippen LogP contribution in [0.2, 0.25) is 0 Å². The average molecular weight is 471 g/mol. The molecule has 0 amide bonds. The molecule has 2 heterocycles. The minimum absolute atomic E-state index is 0.254. The van der Waals surface area contributed by atoms with Gasteiger partial charge in [-0.25, -0.2) is 9.59 Å². The lowest BCUT2D eigenvalue weighted by molar-refractivity contribution is -0.139. The van der Waals surface area contributed by atoms with Gasteiger partial charge in [-0.15, -0.1) is 0 Å². The number of ether oxygens (including phenoxy) is 3. The molecular weight excluding hydrogens is 432 g/mol. The van der Waals surface area contributed by atoms with Crippen LogP contribution >= 0.6 is 0 Å². The third-order valence-corrected chi connectivity index (χ3v) is 6.30. The van der Waals surface area contributed by atoms with Crippen LogP contribution in [-0.2, 0) is 19.1 Å². The molecule has 1 N–H and O–H groups in total. The molecule has 0 spiro atoms. The number of hydrogen-bond acceptors (Lipinski definition) is 7. The second-order valence-electron chi connectivity index (χ2n) is 8.75. The smallest absolute Gasteiger partial charge is 0.336 e. The van der Waals surface area contributed by atoms with E-state index in [-0.39, 0.29) is 13.2 Å². The number of unbranched alkanes of at least 4 members (excludes halogenated alkanes) is 1. The molecule has 2 aliphatic heterocycles. The van der Waals surface area contributed by atoms with E-state index in [1.54, 1.807) is 13.8 Å². The first-order chi connectivity index (χ1) is 16.5. The van der Waals surface area contributed by atoms with Crippen molar-refractivity contribution in [3.63, 3.8) is 0 Å². The fraction of sp³-hybridized carbons (Fsp3) is 0.556. The predicted octanol–water partition coefficient (Wildman–Crippen LogP) is 4.30. The molecule has 7 nitrogen and oxygen atoms in total. The monoisotopic (exact) mass is 470 g/mol. The third kappa shape index (κ3) is 6.41. The van der Waals surface area contributed by atoms with Crippen molar-refractivity contribution in [2.45, 2.75) is 59.3 Å². The molecule has 186 valence electrons. The van der Waals surface area contributed by atoms with Crippen LogP contribution in [0.1, 0.15) is 64.9 Å². The molecule has 0 radical (unpaired) electrons. The van der Waals surface area contributed by atoms with Gasteiger partial charge in [0, 0.05) is 11.4 Å². The van der Waals surface area contributed by atoms with E-state index in [0.717, 1.165) is 30.7 Å². The number of carbonyl (C=O) groups excluding carboxylic acids is 2. The van der Waals surface area contributed by atoms with E-state index in [1.807, 2.05) is 38.1 Å². The average Bonchev–Trinajstić information content (AvgIpc) is 3.32. The molecule has 1 aromatic carbocycles. The van der Waals surface area contributed by atoms with Crippen LogP contribution in [0.4, 0.5) is 0 Å². The molecule has 0 bridgehead atoms. The van der Waals surface area contributed by atoms with Crippen LogP contribution in [0.15, 0.2) is 46.8 Å². The van der Waals surface area contributed by atoms with Crippen molar-refractivity contribution < 1.29 is 23.8 Å². The summed E-state index contributed by atoms with van der Waals surface area (Å²) in [7, 11) is 0. The van der Waals surface area contributed by atoms with Crippen molar-refractivity contribution >= 4 is 11.9 Å². The largest absolute Gasteiger partial charge is 0.494 e. The lowest BCUT2D eigenvalue weighted by Gasteiger charge is -2.30. The molecule has 0 atom stereocenters. The lowest BCUT2D eigenvalue weighted by atomic mass is 9.80. The van der Waals surface area contributed by atoms with Gasteiger partial charge in [0.1, 0.15) is 5.75 Å². The summed E-state index contributed by atoms with van der Waals surface area (Å²) in [6.07, 6.45) is 4.78. The van der Waals surface area contributed by atoms with Gasteiger partial charge >= 0.3 is 11.9 Å². The summed E-state index contributed by atoms with van der Waals surface area (Å²) >= 11 is 0. The van der Waals surface area contributed by atoms with Gasteiger partial charge in [0.25, 0.3) is 0 Å². The summed E-state index contributed by atoms with van der Waals surface area (Å²) in [5.74, 6) is -0.681.